The lowest BCUT2D eigenvalue weighted by Gasteiger charge is -2.12. The predicted molar refractivity (Wildman–Crippen MR) is 103 cm³/mol. The lowest BCUT2D eigenvalue weighted by Crippen LogP contribution is -2.14. The molecule has 0 aliphatic heterocycles. The lowest BCUT2D eigenvalue weighted by molar-refractivity contribution is 0.0966. The van der Waals surface area contributed by atoms with Crippen molar-refractivity contribution in [3.63, 3.8) is 0 Å². The molecule has 3 N–H and O–H groups in total. The van der Waals surface area contributed by atoms with E-state index in [1.54, 1.807) is 18.2 Å². The van der Waals surface area contributed by atoms with Crippen molar-refractivity contribution in [3.05, 3.63) is 82.1 Å². The number of hydrogen-bond donors (Lipinski definition) is 2. The van der Waals surface area contributed by atoms with E-state index >= 15 is 0 Å². The van der Waals surface area contributed by atoms with E-state index in [1.807, 2.05) is 49.4 Å². The first-order valence-corrected chi connectivity index (χ1v) is 8.35. The summed E-state index contributed by atoms with van der Waals surface area (Å²) in [5.74, 6) is -0.303. The number of Topliss-reactive ketones (excluding diaryl/α,β-unsaturated/α-hetero) is 1. The van der Waals surface area contributed by atoms with Gasteiger partial charge in [-0.25, -0.2) is 4.98 Å². The van der Waals surface area contributed by atoms with Gasteiger partial charge in [0.05, 0.1) is 10.9 Å². The zero-order valence-electron chi connectivity index (χ0n) is 14.2. The maximum absolute atomic E-state index is 12.9. The van der Waals surface area contributed by atoms with Crippen LogP contribution in [0.5, 0.6) is 0 Å². The summed E-state index contributed by atoms with van der Waals surface area (Å²) in [4.78, 5) is 31.6. The number of fused-ring (bicyclic) bond motifs is 2. The SMILES string of the molecule is CC(C(=O)c1ccc2nc(N)[nH]c(=O)c2c1)c1ccc2ccccc2c1. The molecule has 1 aromatic heterocycles. The van der Waals surface area contributed by atoms with E-state index in [1.165, 1.54) is 0 Å². The third-order valence-electron chi connectivity index (χ3n) is 4.68. The van der Waals surface area contributed by atoms with E-state index in [0.717, 1.165) is 16.3 Å². The fourth-order valence-corrected chi connectivity index (χ4v) is 3.19. The number of rotatable bonds is 3. The summed E-state index contributed by atoms with van der Waals surface area (Å²) < 4.78 is 0. The summed E-state index contributed by atoms with van der Waals surface area (Å²) in [6, 6.07) is 19.0. The monoisotopic (exact) mass is 343 g/mol. The summed E-state index contributed by atoms with van der Waals surface area (Å²) in [7, 11) is 0. The molecule has 4 rings (SSSR count). The first-order valence-electron chi connectivity index (χ1n) is 8.35. The highest BCUT2D eigenvalue weighted by molar-refractivity contribution is 6.03. The summed E-state index contributed by atoms with van der Waals surface area (Å²) in [5.41, 5.74) is 7.11. The number of aromatic nitrogens is 2. The van der Waals surface area contributed by atoms with Crippen LogP contribution < -0.4 is 11.3 Å². The Balaban J connectivity index is 1.73. The fraction of sp³-hybridized carbons (Fsp3) is 0.0952. The first-order chi connectivity index (χ1) is 12.5. The van der Waals surface area contributed by atoms with Crippen LogP contribution in [0.4, 0.5) is 5.95 Å². The Bertz CT molecular complexity index is 1210. The quantitative estimate of drug-likeness (QED) is 0.556. The number of benzene rings is 3. The molecule has 0 aliphatic rings. The van der Waals surface area contributed by atoms with Crippen LogP contribution in [0.1, 0.15) is 28.8 Å². The number of nitrogens with two attached hydrogens (primary N) is 1. The number of carbonyl (C=O) groups is 1. The molecule has 5 heteroatoms. The molecule has 26 heavy (non-hydrogen) atoms. The number of nitrogens with zero attached hydrogens (tertiary/aromatic N) is 1. The summed E-state index contributed by atoms with van der Waals surface area (Å²) in [5, 5.41) is 2.59. The molecule has 5 nitrogen and oxygen atoms in total. The molecule has 3 aromatic carbocycles. The Morgan fingerprint density at radius 1 is 1.04 bits per heavy atom. The van der Waals surface area contributed by atoms with Gasteiger partial charge in [-0.15, -0.1) is 0 Å². The molecule has 1 atom stereocenters. The van der Waals surface area contributed by atoms with Crippen molar-refractivity contribution in [2.24, 2.45) is 0 Å². The number of aromatic amines is 1. The minimum absolute atomic E-state index is 0.0431. The first kappa shape index (κ1) is 16.0. The van der Waals surface area contributed by atoms with E-state index in [0.29, 0.717) is 16.5 Å². The largest absolute Gasteiger partial charge is 0.369 e. The van der Waals surface area contributed by atoms with Crippen molar-refractivity contribution in [1.82, 2.24) is 9.97 Å². The van der Waals surface area contributed by atoms with E-state index in [2.05, 4.69) is 9.97 Å². The van der Waals surface area contributed by atoms with Crippen LogP contribution >= 0.6 is 0 Å². The second kappa shape index (κ2) is 6.11. The highest BCUT2D eigenvalue weighted by atomic mass is 16.1. The van der Waals surface area contributed by atoms with E-state index in [-0.39, 0.29) is 23.2 Å². The minimum atomic E-state index is -0.347. The van der Waals surface area contributed by atoms with Gasteiger partial charge in [0.15, 0.2) is 5.78 Å². The molecule has 0 aliphatic carbocycles. The van der Waals surface area contributed by atoms with Gasteiger partial charge in [-0.05, 0) is 34.5 Å². The molecule has 4 aromatic rings. The van der Waals surface area contributed by atoms with Crippen molar-refractivity contribution in [2.45, 2.75) is 12.8 Å². The standard InChI is InChI=1S/C21H17N3O2/c1-12(14-7-6-13-4-2-3-5-15(13)10-14)19(25)16-8-9-18-17(11-16)20(26)24-21(22)23-18/h2-12H,1H3,(H3,22,23,24,26). The number of ketones is 1. The molecule has 0 radical (unpaired) electrons. The smallest absolute Gasteiger partial charge is 0.260 e. The van der Waals surface area contributed by atoms with Gasteiger partial charge >= 0.3 is 0 Å². The van der Waals surface area contributed by atoms with E-state index < -0.39 is 0 Å². The maximum atomic E-state index is 12.9. The Labute approximate surface area is 149 Å². The van der Waals surface area contributed by atoms with Crippen LogP contribution in [-0.4, -0.2) is 15.8 Å². The van der Waals surface area contributed by atoms with Crippen LogP contribution in [0.15, 0.2) is 65.5 Å². The van der Waals surface area contributed by atoms with Crippen LogP contribution in [-0.2, 0) is 0 Å². The van der Waals surface area contributed by atoms with Gasteiger partial charge < -0.3 is 5.73 Å². The predicted octanol–water partition coefficient (Wildman–Crippen LogP) is 3.64. The Morgan fingerprint density at radius 2 is 1.81 bits per heavy atom. The fourth-order valence-electron chi connectivity index (χ4n) is 3.19. The molecule has 1 heterocycles. The number of H-pyrrole nitrogens is 1. The third kappa shape index (κ3) is 2.73. The molecule has 0 saturated heterocycles. The Hall–Kier alpha value is -3.47. The van der Waals surface area contributed by atoms with Crippen LogP contribution in [0.3, 0.4) is 0 Å². The molecule has 0 bridgehead atoms. The zero-order chi connectivity index (χ0) is 18.3. The molecule has 1 unspecified atom stereocenters. The van der Waals surface area contributed by atoms with Gasteiger partial charge in [-0.3, -0.25) is 14.6 Å². The molecular weight excluding hydrogens is 326 g/mol. The number of nitrogen functional groups attached to an aromatic ring is 1. The van der Waals surface area contributed by atoms with Crippen molar-refractivity contribution >= 4 is 33.4 Å². The van der Waals surface area contributed by atoms with Crippen molar-refractivity contribution < 1.29 is 4.79 Å². The summed E-state index contributed by atoms with van der Waals surface area (Å²) in [6.07, 6.45) is 0. The normalized spacial score (nSPS) is 12.3. The van der Waals surface area contributed by atoms with E-state index in [9.17, 15) is 9.59 Å². The van der Waals surface area contributed by atoms with Gasteiger partial charge in [0.25, 0.3) is 5.56 Å². The molecule has 0 fully saturated rings. The molecule has 0 spiro atoms. The summed E-state index contributed by atoms with van der Waals surface area (Å²) >= 11 is 0. The van der Waals surface area contributed by atoms with Crippen LogP contribution in [0.2, 0.25) is 0 Å². The number of hydrogen-bond acceptors (Lipinski definition) is 4. The zero-order valence-corrected chi connectivity index (χ0v) is 14.2. The Morgan fingerprint density at radius 3 is 2.62 bits per heavy atom. The van der Waals surface area contributed by atoms with E-state index in [4.69, 9.17) is 5.73 Å². The van der Waals surface area contributed by atoms with Crippen LogP contribution in [0.25, 0.3) is 21.7 Å². The van der Waals surface area contributed by atoms with Crippen molar-refractivity contribution in [2.75, 3.05) is 5.73 Å². The average Bonchev–Trinajstić information content (AvgIpc) is 2.66. The van der Waals surface area contributed by atoms with Gasteiger partial charge in [0.1, 0.15) is 0 Å². The third-order valence-corrected chi connectivity index (χ3v) is 4.68. The number of carbonyl (C=O) groups excluding carboxylic acids is 1. The van der Waals surface area contributed by atoms with Gasteiger partial charge in [0, 0.05) is 11.5 Å². The van der Waals surface area contributed by atoms with Gasteiger partial charge in [-0.2, -0.15) is 0 Å². The lowest BCUT2D eigenvalue weighted by atomic mass is 9.90. The molecular formula is C21H17N3O2. The highest BCUT2D eigenvalue weighted by Crippen LogP contribution is 2.25. The molecule has 0 amide bonds. The average molecular weight is 343 g/mol. The Kier molecular flexibility index (Phi) is 3.77. The number of anilines is 1. The second-order valence-corrected chi connectivity index (χ2v) is 6.38. The topological polar surface area (TPSA) is 88.8 Å². The van der Waals surface area contributed by atoms with Crippen molar-refractivity contribution in [3.8, 4) is 0 Å². The minimum Gasteiger partial charge on any atom is -0.369 e. The highest BCUT2D eigenvalue weighted by Gasteiger charge is 2.18. The molecule has 128 valence electrons. The molecule has 0 saturated carbocycles. The maximum Gasteiger partial charge on any atom is 0.260 e. The van der Waals surface area contributed by atoms with Crippen molar-refractivity contribution in [1.29, 1.82) is 0 Å². The number of nitrogens with one attached hydrogen (secondary N) is 1. The van der Waals surface area contributed by atoms with Gasteiger partial charge in [0.2, 0.25) is 5.95 Å². The van der Waals surface area contributed by atoms with Gasteiger partial charge in [-0.1, -0.05) is 49.4 Å². The second-order valence-electron chi connectivity index (χ2n) is 6.38. The van der Waals surface area contributed by atoms with Crippen LogP contribution in [0, 0.1) is 0 Å². The summed E-state index contributed by atoms with van der Waals surface area (Å²) in [6.45, 7) is 1.88.